The fourth-order valence-corrected chi connectivity index (χ4v) is 3.88. The number of halogens is 3. The molecule has 26 heavy (non-hydrogen) atoms. The minimum absolute atomic E-state index is 0.0450. The predicted octanol–water partition coefficient (Wildman–Crippen LogP) is 5.18. The van der Waals surface area contributed by atoms with Gasteiger partial charge in [0.2, 0.25) is 5.91 Å². The van der Waals surface area contributed by atoms with E-state index in [0.29, 0.717) is 16.6 Å². The normalized spacial score (nSPS) is 15.8. The van der Waals surface area contributed by atoms with Crippen molar-refractivity contribution in [3.05, 3.63) is 68.7 Å². The van der Waals surface area contributed by atoms with Crippen LogP contribution < -0.4 is 5.32 Å². The molecule has 0 aliphatic carbocycles. The zero-order valence-corrected chi connectivity index (χ0v) is 16.6. The first-order chi connectivity index (χ1) is 12.5. The standard InChI is InChI=1S/C20H21Cl3N2O/c21-17-6-5-15(19(23)11-17)12-24-20(26)14-7-9-25(10-8-14)13-16-3-1-2-4-18(16)22/h1-6,11,14H,7-10,12-13H2,(H,24,26). The van der Waals surface area contributed by atoms with Crippen LogP contribution >= 0.6 is 34.8 Å². The first-order valence-corrected chi connectivity index (χ1v) is 9.83. The minimum atomic E-state index is 0.0450. The van der Waals surface area contributed by atoms with Gasteiger partial charge in [-0.3, -0.25) is 9.69 Å². The van der Waals surface area contributed by atoms with E-state index >= 15 is 0 Å². The van der Waals surface area contributed by atoms with Crippen LogP contribution in [0.3, 0.4) is 0 Å². The van der Waals surface area contributed by atoms with Gasteiger partial charge in [0.15, 0.2) is 0 Å². The fraction of sp³-hybridized carbons (Fsp3) is 0.350. The molecule has 0 atom stereocenters. The van der Waals surface area contributed by atoms with Gasteiger partial charge in [-0.2, -0.15) is 0 Å². The van der Waals surface area contributed by atoms with Crippen LogP contribution in [0.2, 0.25) is 15.1 Å². The Bertz CT molecular complexity index is 773. The second-order valence-electron chi connectivity index (χ2n) is 6.60. The molecule has 0 spiro atoms. The Morgan fingerprint density at radius 2 is 1.73 bits per heavy atom. The van der Waals surface area contributed by atoms with E-state index < -0.39 is 0 Å². The van der Waals surface area contributed by atoms with Gasteiger partial charge in [-0.15, -0.1) is 0 Å². The van der Waals surface area contributed by atoms with Crippen molar-refractivity contribution < 1.29 is 4.79 Å². The Morgan fingerprint density at radius 3 is 2.42 bits per heavy atom. The molecule has 1 saturated heterocycles. The highest BCUT2D eigenvalue weighted by molar-refractivity contribution is 6.35. The quantitative estimate of drug-likeness (QED) is 0.735. The molecule has 0 saturated carbocycles. The van der Waals surface area contributed by atoms with E-state index in [4.69, 9.17) is 34.8 Å². The van der Waals surface area contributed by atoms with E-state index in [2.05, 4.69) is 16.3 Å². The molecule has 2 aromatic carbocycles. The highest BCUT2D eigenvalue weighted by Crippen LogP contribution is 2.23. The average Bonchev–Trinajstić information content (AvgIpc) is 2.63. The number of hydrogen-bond donors (Lipinski definition) is 1. The summed E-state index contributed by atoms with van der Waals surface area (Å²) in [6, 6.07) is 13.2. The Kier molecular flexibility index (Phi) is 6.82. The van der Waals surface area contributed by atoms with Crippen molar-refractivity contribution in [2.24, 2.45) is 5.92 Å². The van der Waals surface area contributed by atoms with Crippen LogP contribution in [0.25, 0.3) is 0 Å². The van der Waals surface area contributed by atoms with E-state index in [9.17, 15) is 4.79 Å². The van der Waals surface area contributed by atoms with Gasteiger partial charge in [-0.25, -0.2) is 0 Å². The summed E-state index contributed by atoms with van der Waals surface area (Å²) >= 11 is 18.3. The topological polar surface area (TPSA) is 32.3 Å². The van der Waals surface area contributed by atoms with Gasteiger partial charge in [-0.05, 0) is 55.3 Å². The van der Waals surface area contributed by atoms with E-state index in [1.807, 2.05) is 24.3 Å². The van der Waals surface area contributed by atoms with Gasteiger partial charge in [0.25, 0.3) is 0 Å². The Morgan fingerprint density at radius 1 is 1.00 bits per heavy atom. The number of likely N-dealkylation sites (tertiary alicyclic amines) is 1. The third-order valence-electron chi connectivity index (χ3n) is 4.78. The van der Waals surface area contributed by atoms with Crippen molar-refractivity contribution in [2.45, 2.75) is 25.9 Å². The lowest BCUT2D eigenvalue weighted by atomic mass is 9.95. The summed E-state index contributed by atoms with van der Waals surface area (Å²) in [5, 5.41) is 4.96. The van der Waals surface area contributed by atoms with Crippen LogP contribution in [0.15, 0.2) is 42.5 Å². The molecule has 0 unspecified atom stereocenters. The van der Waals surface area contributed by atoms with Crippen LogP contribution in [0.4, 0.5) is 0 Å². The molecule has 0 radical (unpaired) electrons. The number of carbonyl (C=O) groups excluding carboxylic acids is 1. The Hall–Kier alpha value is -1.26. The maximum atomic E-state index is 12.4. The SMILES string of the molecule is O=C(NCc1ccc(Cl)cc1Cl)C1CCN(Cc2ccccc2Cl)CC1. The molecule has 3 nitrogen and oxygen atoms in total. The first-order valence-electron chi connectivity index (χ1n) is 8.70. The lowest BCUT2D eigenvalue weighted by Crippen LogP contribution is -2.40. The third kappa shape index (κ3) is 5.14. The summed E-state index contributed by atoms with van der Waals surface area (Å²) in [4.78, 5) is 14.8. The van der Waals surface area contributed by atoms with E-state index in [1.165, 1.54) is 0 Å². The van der Waals surface area contributed by atoms with Gasteiger partial charge in [0.05, 0.1) is 0 Å². The van der Waals surface area contributed by atoms with E-state index in [1.54, 1.807) is 12.1 Å². The molecule has 3 rings (SSSR count). The molecule has 0 bridgehead atoms. The fourth-order valence-electron chi connectivity index (χ4n) is 3.21. The number of amides is 1. The van der Waals surface area contributed by atoms with E-state index in [-0.39, 0.29) is 11.8 Å². The van der Waals surface area contributed by atoms with Crippen molar-refractivity contribution in [3.8, 4) is 0 Å². The second-order valence-corrected chi connectivity index (χ2v) is 7.85. The van der Waals surface area contributed by atoms with Crippen molar-refractivity contribution in [2.75, 3.05) is 13.1 Å². The number of nitrogens with one attached hydrogen (secondary N) is 1. The molecule has 138 valence electrons. The highest BCUT2D eigenvalue weighted by atomic mass is 35.5. The zero-order chi connectivity index (χ0) is 18.5. The van der Waals surface area contributed by atoms with Gasteiger partial charge in [-0.1, -0.05) is 59.1 Å². The number of benzene rings is 2. The zero-order valence-electron chi connectivity index (χ0n) is 14.4. The summed E-state index contributed by atoms with van der Waals surface area (Å²) in [7, 11) is 0. The molecule has 1 N–H and O–H groups in total. The smallest absolute Gasteiger partial charge is 0.223 e. The number of hydrogen-bond acceptors (Lipinski definition) is 2. The highest BCUT2D eigenvalue weighted by Gasteiger charge is 2.25. The van der Waals surface area contributed by atoms with Gasteiger partial charge >= 0.3 is 0 Å². The number of rotatable bonds is 5. The Labute approximate surface area is 169 Å². The lowest BCUT2D eigenvalue weighted by molar-refractivity contribution is -0.126. The van der Waals surface area contributed by atoms with Gasteiger partial charge in [0, 0.05) is 34.1 Å². The first kappa shape index (κ1) is 19.5. The molecule has 1 aliphatic rings. The molecule has 1 fully saturated rings. The molecule has 0 aromatic heterocycles. The van der Waals surface area contributed by atoms with Crippen LogP contribution in [0.1, 0.15) is 24.0 Å². The molecule has 6 heteroatoms. The summed E-state index contributed by atoms with van der Waals surface area (Å²) in [6.07, 6.45) is 1.70. The maximum absolute atomic E-state index is 12.4. The lowest BCUT2D eigenvalue weighted by Gasteiger charge is -2.31. The third-order valence-corrected chi connectivity index (χ3v) is 5.73. The Balaban J connectivity index is 1.47. The van der Waals surface area contributed by atoms with Crippen molar-refractivity contribution in [3.63, 3.8) is 0 Å². The monoisotopic (exact) mass is 410 g/mol. The van der Waals surface area contributed by atoms with Crippen LogP contribution in [0, 0.1) is 5.92 Å². The van der Waals surface area contributed by atoms with Gasteiger partial charge in [0.1, 0.15) is 0 Å². The molecule has 1 aliphatic heterocycles. The van der Waals surface area contributed by atoms with Crippen LogP contribution in [-0.4, -0.2) is 23.9 Å². The molecule has 2 aromatic rings. The summed E-state index contributed by atoms with van der Waals surface area (Å²) < 4.78 is 0. The number of piperidine rings is 1. The van der Waals surface area contributed by atoms with Gasteiger partial charge < -0.3 is 5.32 Å². The molecular weight excluding hydrogens is 391 g/mol. The second kappa shape index (κ2) is 9.09. The summed E-state index contributed by atoms with van der Waals surface area (Å²) in [5.74, 6) is 0.136. The van der Waals surface area contributed by atoms with Crippen LogP contribution in [-0.2, 0) is 17.9 Å². The van der Waals surface area contributed by atoms with Crippen LogP contribution in [0.5, 0.6) is 0 Å². The average molecular weight is 412 g/mol. The molecule has 1 amide bonds. The maximum Gasteiger partial charge on any atom is 0.223 e. The largest absolute Gasteiger partial charge is 0.352 e. The number of carbonyl (C=O) groups is 1. The molecular formula is C20H21Cl3N2O. The van der Waals surface area contributed by atoms with Crippen molar-refractivity contribution in [1.82, 2.24) is 10.2 Å². The summed E-state index contributed by atoms with van der Waals surface area (Å²) in [5.41, 5.74) is 2.01. The van der Waals surface area contributed by atoms with E-state index in [0.717, 1.165) is 48.6 Å². The van der Waals surface area contributed by atoms with Crippen molar-refractivity contribution in [1.29, 1.82) is 0 Å². The number of nitrogens with zero attached hydrogens (tertiary/aromatic N) is 1. The molecule has 1 heterocycles. The van der Waals surface area contributed by atoms with Crippen molar-refractivity contribution >= 4 is 40.7 Å². The minimum Gasteiger partial charge on any atom is -0.352 e. The summed E-state index contributed by atoms with van der Waals surface area (Å²) in [6.45, 7) is 3.04. The predicted molar refractivity (Wildman–Crippen MR) is 108 cm³/mol.